The van der Waals surface area contributed by atoms with Gasteiger partial charge in [0.05, 0.1) is 0 Å². The molecule has 0 radical (unpaired) electrons. The maximum Gasteiger partial charge on any atom is 0.0343 e. The minimum Gasteiger partial charge on any atom is -0.399 e. The molecule has 0 aliphatic rings. The molecule has 2 heterocycles. The van der Waals surface area contributed by atoms with Gasteiger partial charge in [-0.3, -0.25) is 0 Å². The Balaban J connectivity index is 2.13. The third-order valence-corrected chi connectivity index (χ3v) is 4.40. The Labute approximate surface area is 108 Å². The van der Waals surface area contributed by atoms with Gasteiger partial charge < -0.3 is 5.73 Å². The summed E-state index contributed by atoms with van der Waals surface area (Å²) in [7, 11) is 0. The SMILES string of the molecule is Nc1cc(-c2cccs2)cc(-c2cccs2)c1. The van der Waals surface area contributed by atoms with Gasteiger partial charge in [0.15, 0.2) is 0 Å². The maximum atomic E-state index is 5.98. The fourth-order valence-corrected chi connectivity index (χ4v) is 3.25. The quantitative estimate of drug-likeness (QED) is 0.660. The van der Waals surface area contributed by atoms with Crippen molar-refractivity contribution >= 4 is 28.4 Å². The van der Waals surface area contributed by atoms with Gasteiger partial charge >= 0.3 is 0 Å². The standard InChI is InChI=1S/C14H11NS2/c15-12-8-10(13-3-1-5-16-13)7-11(9-12)14-4-2-6-17-14/h1-9H,15H2. The van der Waals surface area contributed by atoms with Crippen molar-refractivity contribution in [2.24, 2.45) is 0 Å². The van der Waals surface area contributed by atoms with Crippen LogP contribution in [0.1, 0.15) is 0 Å². The Morgan fingerprint density at radius 2 is 1.29 bits per heavy atom. The van der Waals surface area contributed by atoms with Crippen LogP contribution in [0.3, 0.4) is 0 Å². The van der Waals surface area contributed by atoms with E-state index in [2.05, 4.69) is 41.1 Å². The summed E-state index contributed by atoms with van der Waals surface area (Å²) in [6.07, 6.45) is 0. The summed E-state index contributed by atoms with van der Waals surface area (Å²) in [5, 5.41) is 4.17. The van der Waals surface area contributed by atoms with E-state index in [1.807, 2.05) is 12.1 Å². The zero-order chi connectivity index (χ0) is 11.7. The molecule has 0 spiro atoms. The lowest BCUT2D eigenvalue weighted by Gasteiger charge is -2.04. The van der Waals surface area contributed by atoms with E-state index in [9.17, 15) is 0 Å². The summed E-state index contributed by atoms with van der Waals surface area (Å²) in [5.41, 5.74) is 9.19. The monoisotopic (exact) mass is 257 g/mol. The van der Waals surface area contributed by atoms with Crippen LogP contribution in [0, 0.1) is 0 Å². The van der Waals surface area contributed by atoms with Crippen molar-refractivity contribution < 1.29 is 0 Å². The van der Waals surface area contributed by atoms with Crippen LogP contribution >= 0.6 is 22.7 Å². The van der Waals surface area contributed by atoms with Crippen LogP contribution in [0.15, 0.2) is 53.2 Å². The van der Waals surface area contributed by atoms with Crippen molar-refractivity contribution in [3.63, 3.8) is 0 Å². The molecule has 1 aromatic carbocycles. The van der Waals surface area contributed by atoms with E-state index < -0.39 is 0 Å². The molecule has 0 atom stereocenters. The zero-order valence-corrected chi connectivity index (χ0v) is 10.7. The highest BCUT2D eigenvalue weighted by atomic mass is 32.1. The highest BCUT2D eigenvalue weighted by Gasteiger charge is 2.05. The van der Waals surface area contributed by atoms with E-state index >= 15 is 0 Å². The van der Waals surface area contributed by atoms with Crippen LogP contribution in [0.5, 0.6) is 0 Å². The van der Waals surface area contributed by atoms with Gasteiger partial charge in [0.25, 0.3) is 0 Å². The first kappa shape index (κ1) is 10.6. The molecule has 2 aromatic heterocycles. The topological polar surface area (TPSA) is 26.0 Å². The largest absolute Gasteiger partial charge is 0.399 e. The van der Waals surface area contributed by atoms with Gasteiger partial charge in [-0.05, 0) is 52.2 Å². The number of rotatable bonds is 2. The molecule has 0 aliphatic carbocycles. The summed E-state index contributed by atoms with van der Waals surface area (Å²) in [6.45, 7) is 0. The summed E-state index contributed by atoms with van der Waals surface area (Å²) >= 11 is 3.48. The Morgan fingerprint density at radius 3 is 1.71 bits per heavy atom. The molecule has 0 fully saturated rings. The second-order valence-corrected chi connectivity index (χ2v) is 5.69. The predicted molar refractivity (Wildman–Crippen MR) is 77.5 cm³/mol. The van der Waals surface area contributed by atoms with Crippen molar-refractivity contribution in [3.8, 4) is 20.9 Å². The van der Waals surface area contributed by atoms with Crippen LogP contribution in [0.2, 0.25) is 0 Å². The van der Waals surface area contributed by atoms with Gasteiger partial charge in [-0.15, -0.1) is 22.7 Å². The van der Waals surface area contributed by atoms with E-state index in [0.29, 0.717) is 0 Å². The molecule has 0 aliphatic heterocycles. The fraction of sp³-hybridized carbons (Fsp3) is 0. The lowest BCUT2D eigenvalue weighted by Crippen LogP contribution is -1.86. The van der Waals surface area contributed by atoms with Crippen LogP contribution in [-0.4, -0.2) is 0 Å². The number of nitrogen functional groups attached to an aromatic ring is 1. The minimum atomic E-state index is 0.819. The molecule has 3 heteroatoms. The van der Waals surface area contributed by atoms with Crippen molar-refractivity contribution in [2.75, 3.05) is 5.73 Å². The van der Waals surface area contributed by atoms with Gasteiger partial charge in [-0.2, -0.15) is 0 Å². The van der Waals surface area contributed by atoms with E-state index in [0.717, 1.165) is 5.69 Å². The lowest BCUT2D eigenvalue weighted by molar-refractivity contribution is 1.67. The summed E-state index contributed by atoms with van der Waals surface area (Å²) in [6, 6.07) is 14.6. The molecule has 2 N–H and O–H groups in total. The Kier molecular flexibility index (Phi) is 2.71. The van der Waals surface area contributed by atoms with Gasteiger partial charge in [0.1, 0.15) is 0 Å². The molecule has 84 valence electrons. The van der Waals surface area contributed by atoms with Gasteiger partial charge in [0, 0.05) is 15.4 Å². The van der Waals surface area contributed by atoms with Gasteiger partial charge in [0.2, 0.25) is 0 Å². The molecule has 0 amide bonds. The van der Waals surface area contributed by atoms with Crippen LogP contribution in [0.25, 0.3) is 20.9 Å². The minimum absolute atomic E-state index is 0.819. The first-order valence-electron chi connectivity index (χ1n) is 5.31. The number of benzene rings is 1. The molecule has 1 nitrogen and oxygen atoms in total. The zero-order valence-electron chi connectivity index (χ0n) is 9.09. The van der Waals surface area contributed by atoms with Crippen LogP contribution in [-0.2, 0) is 0 Å². The van der Waals surface area contributed by atoms with Crippen molar-refractivity contribution in [2.45, 2.75) is 0 Å². The maximum absolute atomic E-state index is 5.98. The highest BCUT2D eigenvalue weighted by molar-refractivity contribution is 7.14. The molecular weight excluding hydrogens is 246 g/mol. The Hall–Kier alpha value is -1.58. The number of anilines is 1. The summed E-state index contributed by atoms with van der Waals surface area (Å²) in [5.74, 6) is 0. The predicted octanol–water partition coefficient (Wildman–Crippen LogP) is 4.73. The van der Waals surface area contributed by atoms with Crippen molar-refractivity contribution in [1.82, 2.24) is 0 Å². The molecule has 17 heavy (non-hydrogen) atoms. The fourth-order valence-electron chi connectivity index (χ4n) is 1.82. The first-order valence-corrected chi connectivity index (χ1v) is 7.07. The average Bonchev–Trinajstić information content (AvgIpc) is 3.02. The molecule has 3 aromatic rings. The van der Waals surface area contributed by atoms with Crippen LogP contribution in [0.4, 0.5) is 5.69 Å². The molecule has 0 unspecified atom stereocenters. The lowest BCUT2D eigenvalue weighted by atomic mass is 10.1. The molecule has 0 saturated carbocycles. The molecule has 3 rings (SSSR count). The summed E-state index contributed by atoms with van der Waals surface area (Å²) < 4.78 is 0. The van der Waals surface area contributed by atoms with Gasteiger partial charge in [-0.25, -0.2) is 0 Å². The second kappa shape index (κ2) is 4.35. The van der Waals surface area contributed by atoms with E-state index in [-0.39, 0.29) is 0 Å². The molecular formula is C14H11NS2. The number of nitrogens with two attached hydrogens (primary N) is 1. The Morgan fingerprint density at radius 1 is 0.765 bits per heavy atom. The molecule has 0 bridgehead atoms. The summed E-state index contributed by atoms with van der Waals surface area (Å²) in [4.78, 5) is 2.52. The van der Waals surface area contributed by atoms with E-state index in [1.54, 1.807) is 22.7 Å². The van der Waals surface area contributed by atoms with Crippen LogP contribution < -0.4 is 5.73 Å². The number of hydrogen-bond donors (Lipinski definition) is 1. The van der Waals surface area contributed by atoms with Gasteiger partial charge in [-0.1, -0.05) is 12.1 Å². The smallest absolute Gasteiger partial charge is 0.0343 e. The average molecular weight is 257 g/mol. The highest BCUT2D eigenvalue weighted by Crippen LogP contribution is 2.33. The third-order valence-electron chi connectivity index (χ3n) is 2.57. The number of hydrogen-bond acceptors (Lipinski definition) is 3. The van der Waals surface area contributed by atoms with E-state index in [4.69, 9.17) is 5.73 Å². The Bertz CT molecular complexity index is 557. The third kappa shape index (κ3) is 2.12. The van der Waals surface area contributed by atoms with Crippen molar-refractivity contribution in [3.05, 3.63) is 53.2 Å². The molecule has 0 saturated heterocycles. The normalized spacial score (nSPS) is 10.6. The van der Waals surface area contributed by atoms with Crippen molar-refractivity contribution in [1.29, 1.82) is 0 Å². The second-order valence-electron chi connectivity index (χ2n) is 3.80. The first-order chi connectivity index (χ1) is 8.33. The number of thiophene rings is 2. The van der Waals surface area contributed by atoms with E-state index in [1.165, 1.54) is 20.9 Å².